The van der Waals surface area contributed by atoms with Crippen molar-refractivity contribution in [2.24, 2.45) is 0 Å². The summed E-state index contributed by atoms with van der Waals surface area (Å²) in [5, 5.41) is 5.46. The highest BCUT2D eigenvalue weighted by atomic mass is 32.1. The number of nitrogens with one attached hydrogen (secondary N) is 1. The van der Waals surface area contributed by atoms with Gasteiger partial charge in [0.15, 0.2) is 0 Å². The van der Waals surface area contributed by atoms with E-state index in [0.29, 0.717) is 25.5 Å². The minimum atomic E-state index is -0.140. The molecule has 0 aliphatic heterocycles. The first-order chi connectivity index (χ1) is 11.6. The van der Waals surface area contributed by atoms with E-state index in [1.807, 2.05) is 43.3 Å². The van der Waals surface area contributed by atoms with E-state index in [2.05, 4.69) is 10.3 Å². The number of hydrogen-bond donors (Lipinski definition) is 1. The van der Waals surface area contributed by atoms with Gasteiger partial charge in [-0.15, -0.1) is 11.3 Å². The molecule has 0 aliphatic rings. The molecule has 130 valence electrons. The van der Waals surface area contributed by atoms with Crippen LogP contribution in [0.1, 0.15) is 10.5 Å². The van der Waals surface area contributed by atoms with Crippen molar-refractivity contribution in [1.82, 2.24) is 15.2 Å². The Morgan fingerprint density at radius 3 is 2.67 bits per heavy atom. The molecule has 0 atom stereocenters. The number of rotatable bonds is 9. The van der Waals surface area contributed by atoms with Crippen LogP contribution in [0.4, 0.5) is 0 Å². The maximum atomic E-state index is 12.1. The predicted octanol–water partition coefficient (Wildman–Crippen LogP) is 2.13. The van der Waals surface area contributed by atoms with Crippen molar-refractivity contribution < 1.29 is 14.3 Å². The van der Waals surface area contributed by atoms with Crippen LogP contribution in [0.2, 0.25) is 0 Å². The number of ether oxygens (including phenoxy) is 2. The lowest BCUT2D eigenvalue weighted by Gasteiger charge is -2.09. The van der Waals surface area contributed by atoms with E-state index in [9.17, 15) is 4.79 Å². The number of amides is 1. The number of likely N-dealkylation sites (N-methyl/N-ethyl adjacent to an activating group) is 1. The van der Waals surface area contributed by atoms with Gasteiger partial charge in [-0.05, 0) is 38.4 Å². The Hall–Kier alpha value is -1.96. The molecule has 1 aromatic heterocycles. The van der Waals surface area contributed by atoms with Crippen molar-refractivity contribution in [2.75, 3.05) is 47.5 Å². The second-order valence-electron chi connectivity index (χ2n) is 5.46. The molecule has 0 fully saturated rings. The fourth-order valence-electron chi connectivity index (χ4n) is 1.93. The monoisotopic (exact) mass is 349 g/mol. The summed E-state index contributed by atoms with van der Waals surface area (Å²) in [7, 11) is 5.58. The topological polar surface area (TPSA) is 63.7 Å². The number of carbonyl (C=O) groups is 1. The average Bonchev–Trinajstić information content (AvgIpc) is 3.05. The predicted molar refractivity (Wildman–Crippen MR) is 95.8 cm³/mol. The first-order valence-corrected chi connectivity index (χ1v) is 8.58. The molecule has 1 heterocycles. The molecule has 0 saturated carbocycles. The van der Waals surface area contributed by atoms with Crippen molar-refractivity contribution in [3.05, 3.63) is 35.3 Å². The summed E-state index contributed by atoms with van der Waals surface area (Å²) in [6, 6.07) is 7.66. The second kappa shape index (κ2) is 9.36. The van der Waals surface area contributed by atoms with Crippen LogP contribution in [0.25, 0.3) is 10.6 Å². The molecule has 6 nitrogen and oxygen atoms in total. The quantitative estimate of drug-likeness (QED) is 0.703. The number of hydrogen-bond acceptors (Lipinski definition) is 6. The van der Waals surface area contributed by atoms with E-state index >= 15 is 0 Å². The summed E-state index contributed by atoms with van der Waals surface area (Å²) in [6.45, 7) is 2.48. The maximum Gasteiger partial charge on any atom is 0.270 e. The summed E-state index contributed by atoms with van der Waals surface area (Å²) in [5.41, 5.74) is 1.42. The third-order valence-corrected chi connectivity index (χ3v) is 4.13. The Morgan fingerprint density at radius 1 is 1.25 bits per heavy atom. The van der Waals surface area contributed by atoms with Gasteiger partial charge < -0.3 is 19.7 Å². The summed E-state index contributed by atoms with van der Waals surface area (Å²) in [6.07, 6.45) is 0. The van der Waals surface area contributed by atoms with E-state index in [4.69, 9.17) is 9.47 Å². The van der Waals surface area contributed by atoms with Gasteiger partial charge in [0.05, 0.1) is 6.61 Å². The lowest BCUT2D eigenvalue weighted by atomic mass is 10.2. The standard InChI is InChI=1S/C17H23N3O3S/c1-20(2)9-8-18-16(21)15-12-24-17(19-15)13-4-6-14(7-5-13)23-11-10-22-3/h4-7,12H,8-11H2,1-3H3,(H,18,21). The summed E-state index contributed by atoms with van der Waals surface area (Å²) in [5.74, 6) is 0.646. The van der Waals surface area contributed by atoms with Crippen molar-refractivity contribution >= 4 is 17.2 Å². The highest BCUT2D eigenvalue weighted by Gasteiger charge is 2.11. The Bertz CT molecular complexity index is 641. The molecule has 1 aromatic carbocycles. The third kappa shape index (κ3) is 5.59. The first-order valence-electron chi connectivity index (χ1n) is 7.71. The lowest BCUT2D eigenvalue weighted by molar-refractivity contribution is 0.0947. The molecule has 7 heteroatoms. The van der Waals surface area contributed by atoms with Gasteiger partial charge in [-0.3, -0.25) is 4.79 Å². The lowest BCUT2D eigenvalue weighted by Crippen LogP contribution is -2.31. The van der Waals surface area contributed by atoms with E-state index in [1.165, 1.54) is 11.3 Å². The number of nitrogens with zero attached hydrogens (tertiary/aromatic N) is 2. The van der Waals surface area contributed by atoms with Crippen molar-refractivity contribution in [1.29, 1.82) is 0 Å². The Balaban J connectivity index is 1.93. The summed E-state index contributed by atoms with van der Waals surface area (Å²) >= 11 is 1.45. The van der Waals surface area contributed by atoms with Crippen LogP contribution in [0.5, 0.6) is 5.75 Å². The molecule has 0 aliphatic carbocycles. The Morgan fingerprint density at radius 2 is 2.00 bits per heavy atom. The molecule has 1 amide bonds. The zero-order valence-corrected chi connectivity index (χ0v) is 15.1. The molecule has 0 spiro atoms. The summed E-state index contributed by atoms with van der Waals surface area (Å²) < 4.78 is 10.5. The largest absolute Gasteiger partial charge is 0.491 e. The second-order valence-corrected chi connectivity index (χ2v) is 6.32. The molecule has 0 radical (unpaired) electrons. The number of carbonyl (C=O) groups excluding carboxylic acids is 1. The van der Waals surface area contributed by atoms with Crippen LogP contribution in [0.15, 0.2) is 29.6 Å². The number of benzene rings is 1. The zero-order chi connectivity index (χ0) is 17.4. The Labute approximate surface area is 146 Å². The van der Waals surface area contributed by atoms with Gasteiger partial charge in [0.25, 0.3) is 5.91 Å². The van der Waals surface area contributed by atoms with Crippen LogP contribution in [0.3, 0.4) is 0 Å². The smallest absolute Gasteiger partial charge is 0.270 e. The van der Waals surface area contributed by atoms with Gasteiger partial charge >= 0.3 is 0 Å². The van der Waals surface area contributed by atoms with E-state index < -0.39 is 0 Å². The summed E-state index contributed by atoms with van der Waals surface area (Å²) in [4.78, 5) is 18.5. The SMILES string of the molecule is COCCOc1ccc(-c2nc(C(=O)NCCN(C)C)cs2)cc1. The normalized spacial score (nSPS) is 10.8. The van der Waals surface area contributed by atoms with Gasteiger partial charge in [-0.2, -0.15) is 0 Å². The molecule has 2 rings (SSSR count). The van der Waals surface area contributed by atoms with Crippen LogP contribution in [-0.2, 0) is 4.74 Å². The van der Waals surface area contributed by atoms with Crippen molar-refractivity contribution in [3.8, 4) is 16.3 Å². The zero-order valence-electron chi connectivity index (χ0n) is 14.2. The maximum absolute atomic E-state index is 12.1. The fourth-order valence-corrected chi connectivity index (χ4v) is 2.74. The van der Waals surface area contributed by atoms with Gasteiger partial charge in [0.1, 0.15) is 23.1 Å². The van der Waals surface area contributed by atoms with E-state index in [1.54, 1.807) is 12.5 Å². The van der Waals surface area contributed by atoms with Crippen molar-refractivity contribution in [2.45, 2.75) is 0 Å². The Kier molecular flexibility index (Phi) is 7.17. The molecular weight excluding hydrogens is 326 g/mol. The number of thiazole rings is 1. The number of methoxy groups -OCH3 is 1. The van der Waals surface area contributed by atoms with Crippen LogP contribution in [0, 0.1) is 0 Å². The average molecular weight is 349 g/mol. The molecule has 0 saturated heterocycles. The third-order valence-electron chi connectivity index (χ3n) is 3.24. The number of aromatic nitrogens is 1. The van der Waals surface area contributed by atoms with Crippen LogP contribution < -0.4 is 10.1 Å². The molecule has 24 heavy (non-hydrogen) atoms. The van der Waals surface area contributed by atoms with Crippen molar-refractivity contribution in [3.63, 3.8) is 0 Å². The molecule has 1 N–H and O–H groups in total. The highest BCUT2D eigenvalue weighted by molar-refractivity contribution is 7.13. The van der Waals surface area contributed by atoms with Gasteiger partial charge in [0.2, 0.25) is 0 Å². The molecule has 2 aromatic rings. The van der Waals surface area contributed by atoms with Crippen LogP contribution >= 0.6 is 11.3 Å². The van der Waals surface area contributed by atoms with Gasteiger partial charge in [0, 0.05) is 31.1 Å². The van der Waals surface area contributed by atoms with Gasteiger partial charge in [-0.1, -0.05) is 0 Å². The minimum absolute atomic E-state index is 0.140. The highest BCUT2D eigenvalue weighted by Crippen LogP contribution is 2.25. The molecule has 0 unspecified atom stereocenters. The minimum Gasteiger partial charge on any atom is -0.491 e. The van der Waals surface area contributed by atoms with Gasteiger partial charge in [-0.25, -0.2) is 4.98 Å². The molecular formula is C17H23N3O3S. The first kappa shape index (κ1) is 18.4. The van der Waals surface area contributed by atoms with E-state index in [-0.39, 0.29) is 5.91 Å². The molecule has 0 bridgehead atoms. The van der Waals surface area contributed by atoms with E-state index in [0.717, 1.165) is 22.9 Å². The van der Waals surface area contributed by atoms with Crippen LogP contribution in [-0.4, -0.2) is 63.3 Å². The fraction of sp³-hybridized carbons (Fsp3) is 0.412.